The van der Waals surface area contributed by atoms with Gasteiger partial charge in [-0.1, -0.05) is 49.4 Å². The zero-order valence-corrected chi connectivity index (χ0v) is 22.7. The van der Waals surface area contributed by atoms with Crippen LogP contribution >= 0.6 is 11.3 Å². The van der Waals surface area contributed by atoms with Gasteiger partial charge in [0, 0.05) is 5.38 Å². The molecule has 0 fully saturated rings. The van der Waals surface area contributed by atoms with E-state index in [0.29, 0.717) is 17.0 Å². The van der Waals surface area contributed by atoms with Gasteiger partial charge in [-0.25, -0.2) is 4.98 Å². The number of hydrogen-bond acceptors (Lipinski definition) is 7. The summed E-state index contributed by atoms with van der Waals surface area (Å²) in [6.07, 6.45) is 1.07. The molecule has 11 heteroatoms. The summed E-state index contributed by atoms with van der Waals surface area (Å²) in [5.41, 5.74) is 1.62. The number of thiazole rings is 1. The zero-order chi connectivity index (χ0) is 27.2. The Labute approximate surface area is 221 Å². The fraction of sp³-hybridized carbons (Fsp3) is 0.346. The van der Waals surface area contributed by atoms with Gasteiger partial charge < -0.3 is 10.1 Å². The van der Waals surface area contributed by atoms with Crippen LogP contribution in [0.1, 0.15) is 61.5 Å². The second-order valence-electron chi connectivity index (χ2n) is 9.45. The molecule has 37 heavy (non-hydrogen) atoms. The number of carbonyl (C=O) groups excluding carboxylic acids is 2. The van der Waals surface area contributed by atoms with E-state index in [-0.39, 0.29) is 5.69 Å². The van der Waals surface area contributed by atoms with Gasteiger partial charge in [-0.05, 0) is 56.9 Å². The van der Waals surface area contributed by atoms with Gasteiger partial charge in [0.2, 0.25) is 5.91 Å². The van der Waals surface area contributed by atoms with Gasteiger partial charge in [-0.15, -0.1) is 11.3 Å². The summed E-state index contributed by atoms with van der Waals surface area (Å²) in [5.74, 6) is -2.33. The smallest absolute Gasteiger partial charge is 0.357 e. The molecule has 2 aromatic carbocycles. The first-order valence-electron chi connectivity index (χ1n) is 11.7. The van der Waals surface area contributed by atoms with E-state index < -0.39 is 39.7 Å². The van der Waals surface area contributed by atoms with E-state index in [9.17, 15) is 18.0 Å². The predicted molar refractivity (Wildman–Crippen MR) is 143 cm³/mol. The lowest BCUT2D eigenvalue weighted by atomic mass is 9.96. The third kappa shape index (κ3) is 8.66. The van der Waals surface area contributed by atoms with Crippen molar-refractivity contribution in [3.05, 3.63) is 81.8 Å². The van der Waals surface area contributed by atoms with Gasteiger partial charge in [0.1, 0.15) is 10.6 Å². The molecule has 9 nitrogen and oxygen atoms in total. The van der Waals surface area contributed by atoms with Gasteiger partial charge in [-0.2, -0.15) is 8.42 Å². The van der Waals surface area contributed by atoms with Crippen LogP contribution in [0.5, 0.6) is 0 Å². The Kier molecular flexibility index (Phi) is 9.06. The first-order valence-corrected chi connectivity index (χ1v) is 14.0. The lowest BCUT2D eigenvalue weighted by Crippen LogP contribution is -2.39. The Morgan fingerprint density at radius 3 is 2.27 bits per heavy atom. The molecule has 0 saturated heterocycles. The summed E-state index contributed by atoms with van der Waals surface area (Å²) in [7, 11) is -4.39. The summed E-state index contributed by atoms with van der Waals surface area (Å²) in [6.45, 7) is 7.23. The number of rotatable bonds is 10. The number of carbonyl (C=O) groups is 2. The normalized spacial score (nSPS) is 13.4. The lowest BCUT2D eigenvalue weighted by molar-refractivity contribution is -0.158. The Morgan fingerprint density at radius 1 is 1.08 bits per heavy atom. The fourth-order valence-electron chi connectivity index (χ4n) is 3.59. The summed E-state index contributed by atoms with van der Waals surface area (Å²) in [5, 5.41) is 5.60. The van der Waals surface area contributed by atoms with E-state index in [1.165, 1.54) is 23.5 Å². The SMILES string of the molecule is CCc1csc([C@H](Cc2ccc(NS(=O)(=O)O)cc2)NC(=O)[C@@H](C(=O)OC(C)(C)C)c2ccccc2)n1. The first kappa shape index (κ1) is 28.3. The highest BCUT2D eigenvalue weighted by Crippen LogP contribution is 2.27. The second-order valence-corrected chi connectivity index (χ2v) is 11.5. The van der Waals surface area contributed by atoms with Crippen LogP contribution < -0.4 is 10.0 Å². The van der Waals surface area contributed by atoms with Crippen molar-refractivity contribution in [2.24, 2.45) is 0 Å². The number of aromatic nitrogens is 1. The largest absolute Gasteiger partial charge is 0.459 e. The molecule has 0 spiro atoms. The van der Waals surface area contributed by atoms with E-state index in [1.807, 2.05) is 17.0 Å². The molecule has 0 aliphatic carbocycles. The first-order chi connectivity index (χ1) is 17.3. The number of esters is 1. The standard InChI is InChI=1S/C26H31N3O6S2/c1-5-19-16-36-24(27-19)21(15-17-11-13-20(14-12-17)29-37(32,33)34)28-23(30)22(18-9-7-6-8-10-18)25(31)35-26(2,3)4/h6-14,16,21-22,29H,5,15H2,1-4H3,(H,28,30)(H,32,33,34)/t21-,22-/m0/s1. The average molecular weight is 546 g/mol. The van der Waals surface area contributed by atoms with Crippen molar-refractivity contribution in [3.63, 3.8) is 0 Å². The number of nitrogens with one attached hydrogen (secondary N) is 2. The molecule has 0 bridgehead atoms. The molecular formula is C26H31N3O6S2. The van der Waals surface area contributed by atoms with Crippen LogP contribution in [0.3, 0.4) is 0 Å². The Morgan fingerprint density at radius 2 is 1.73 bits per heavy atom. The van der Waals surface area contributed by atoms with Gasteiger partial charge in [-0.3, -0.25) is 18.9 Å². The van der Waals surface area contributed by atoms with Crippen molar-refractivity contribution in [1.82, 2.24) is 10.3 Å². The maximum absolute atomic E-state index is 13.6. The molecule has 0 radical (unpaired) electrons. The number of benzene rings is 2. The van der Waals surface area contributed by atoms with Gasteiger partial charge >= 0.3 is 16.3 Å². The molecule has 1 aromatic heterocycles. The highest BCUT2D eigenvalue weighted by molar-refractivity contribution is 7.87. The molecular weight excluding hydrogens is 514 g/mol. The quantitative estimate of drug-likeness (QED) is 0.195. The lowest BCUT2D eigenvalue weighted by Gasteiger charge is -2.25. The molecule has 0 aliphatic heterocycles. The van der Waals surface area contributed by atoms with Gasteiger partial charge in [0.15, 0.2) is 5.92 Å². The Hall–Kier alpha value is -3.28. The van der Waals surface area contributed by atoms with Crippen molar-refractivity contribution in [1.29, 1.82) is 0 Å². The molecule has 1 heterocycles. The number of aryl methyl sites for hydroxylation is 1. The highest BCUT2D eigenvalue weighted by Gasteiger charge is 2.34. The molecule has 3 aromatic rings. The summed E-state index contributed by atoms with van der Waals surface area (Å²) < 4.78 is 38.7. The minimum Gasteiger partial charge on any atom is -0.459 e. The van der Waals surface area contributed by atoms with E-state index in [2.05, 4.69) is 10.3 Å². The highest BCUT2D eigenvalue weighted by atomic mass is 32.2. The molecule has 3 N–H and O–H groups in total. The van der Waals surface area contributed by atoms with Crippen molar-refractivity contribution >= 4 is 39.2 Å². The van der Waals surface area contributed by atoms with Crippen molar-refractivity contribution in [3.8, 4) is 0 Å². The third-order valence-corrected chi connectivity index (χ3v) is 6.73. The van der Waals surface area contributed by atoms with Gasteiger partial charge in [0.25, 0.3) is 0 Å². The van der Waals surface area contributed by atoms with Crippen molar-refractivity contribution in [2.45, 2.75) is 58.1 Å². The number of nitrogens with zero attached hydrogens (tertiary/aromatic N) is 1. The average Bonchev–Trinajstić information content (AvgIpc) is 3.28. The summed E-state index contributed by atoms with van der Waals surface area (Å²) >= 11 is 1.41. The Balaban J connectivity index is 1.90. The monoisotopic (exact) mass is 545 g/mol. The van der Waals surface area contributed by atoms with E-state index in [1.54, 1.807) is 63.2 Å². The van der Waals surface area contributed by atoms with E-state index in [4.69, 9.17) is 9.29 Å². The number of anilines is 1. The molecule has 0 aliphatic rings. The summed E-state index contributed by atoms with van der Waals surface area (Å²) in [6, 6.07) is 14.6. The van der Waals surface area contributed by atoms with Crippen molar-refractivity contribution in [2.75, 3.05) is 4.72 Å². The molecule has 2 atom stereocenters. The molecule has 1 amide bonds. The Bertz CT molecular complexity index is 1320. The van der Waals surface area contributed by atoms with Crippen LogP contribution in [0.4, 0.5) is 5.69 Å². The molecule has 198 valence electrons. The topological polar surface area (TPSA) is 135 Å². The molecule has 0 saturated carbocycles. The van der Waals surface area contributed by atoms with Crippen LogP contribution in [0.2, 0.25) is 0 Å². The zero-order valence-electron chi connectivity index (χ0n) is 21.1. The molecule has 3 rings (SSSR count). The number of hydrogen-bond donors (Lipinski definition) is 3. The van der Waals surface area contributed by atoms with Crippen LogP contribution in [0.25, 0.3) is 0 Å². The van der Waals surface area contributed by atoms with Crippen LogP contribution in [0, 0.1) is 0 Å². The predicted octanol–water partition coefficient (Wildman–Crippen LogP) is 4.45. The van der Waals surface area contributed by atoms with Crippen molar-refractivity contribution < 1.29 is 27.3 Å². The third-order valence-electron chi connectivity index (χ3n) is 5.22. The van der Waals surface area contributed by atoms with E-state index >= 15 is 0 Å². The van der Waals surface area contributed by atoms with E-state index in [0.717, 1.165) is 17.7 Å². The van der Waals surface area contributed by atoms with Crippen LogP contribution in [-0.4, -0.2) is 35.4 Å². The molecule has 0 unspecified atom stereocenters. The fourth-order valence-corrected chi connectivity index (χ4v) is 4.98. The minimum absolute atomic E-state index is 0.198. The maximum atomic E-state index is 13.6. The maximum Gasteiger partial charge on any atom is 0.357 e. The second kappa shape index (κ2) is 11.8. The number of ether oxygens (including phenoxy) is 1. The van der Waals surface area contributed by atoms with Crippen LogP contribution in [0.15, 0.2) is 60.0 Å². The number of amides is 1. The minimum atomic E-state index is -4.39. The van der Waals surface area contributed by atoms with Crippen LogP contribution in [-0.2, 0) is 37.5 Å². The van der Waals surface area contributed by atoms with Gasteiger partial charge in [0.05, 0.1) is 17.4 Å². The summed E-state index contributed by atoms with van der Waals surface area (Å²) in [4.78, 5) is 31.3.